The van der Waals surface area contributed by atoms with Gasteiger partial charge in [0.2, 0.25) is 0 Å². The summed E-state index contributed by atoms with van der Waals surface area (Å²) in [5.74, 6) is -0.195. The van der Waals surface area contributed by atoms with Crippen LogP contribution in [-0.2, 0) is 0 Å². The molecule has 0 fully saturated rings. The van der Waals surface area contributed by atoms with Gasteiger partial charge < -0.3 is 15.5 Å². The van der Waals surface area contributed by atoms with Gasteiger partial charge >= 0.3 is 0 Å². The number of halogens is 1. The highest BCUT2D eigenvalue weighted by atomic mass is 35.5. The van der Waals surface area contributed by atoms with Gasteiger partial charge in [-0.25, -0.2) is 0 Å². The molecule has 0 unspecified atom stereocenters. The van der Waals surface area contributed by atoms with E-state index in [0.717, 1.165) is 30.0 Å². The van der Waals surface area contributed by atoms with Crippen LogP contribution in [0.25, 0.3) is 0 Å². The molecule has 0 saturated carbocycles. The number of pyridine rings is 1. The summed E-state index contributed by atoms with van der Waals surface area (Å²) in [6.45, 7) is 3.59. The first-order chi connectivity index (χ1) is 11.0. The quantitative estimate of drug-likeness (QED) is 0.852. The number of hydrogen-bond acceptors (Lipinski definition) is 4. The van der Waals surface area contributed by atoms with E-state index in [9.17, 15) is 4.79 Å². The summed E-state index contributed by atoms with van der Waals surface area (Å²) >= 11 is 5.93. The number of nitrogens with one attached hydrogen (secondary N) is 2. The fourth-order valence-corrected chi connectivity index (χ4v) is 2.27. The second kappa shape index (κ2) is 7.94. The van der Waals surface area contributed by atoms with Gasteiger partial charge in [0.25, 0.3) is 5.91 Å². The number of anilines is 2. The number of likely N-dealkylation sites (N-methyl/N-ethyl adjacent to an activating group) is 1. The van der Waals surface area contributed by atoms with Crippen LogP contribution < -0.4 is 10.6 Å². The normalized spacial score (nSPS) is 10.7. The molecule has 0 aliphatic rings. The zero-order chi connectivity index (χ0) is 16.8. The molecule has 0 aliphatic carbocycles. The van der Waals surface area contributed by atoms with Crippen molar-refractivity contribution in [2.45, 2.75) is 6.92 Å². The van der Waals surface area contributed by atoms with E-state index in [2.05, 4.69) is 20.5 Å². The van der Waals surface area contributed by atoms with Gasteiger partial charge in [0.1, 0.15) is 0 Å². The second-order valence-electron chi connectivity index (χ2n) is 5.61. The molecule has 6 heteroatoms. The SMILES string of the molecule is Cc1cc(Cl)ccc1NC(=O)c1cncc(NCCN(C)C)c1. The molecule has 0 bridgehead atoms. The van der Waals surface area contributed by atoms with Gasteiger partial charge in [-0.1, -0.05) is 11.6 Å². The number of nitrogens with zero attached hydrogens (tertiary/aromatic N) is 2. The van der Waals surface area contributed by atoms with Crippen LogP contribution in [0.3, 0.4) is 0 Å². The van der Waals surface area contributed by atoms with Crippen molar-refractivity contribution < 1.29 is 4.79 Å². The standard InChI is InChI=1S/C17H21ClN4O/c1-12-8-14(18)4-5-16(12)21-17(23)13-9-15(11-19-10-13)20-6-7-22(2)3/h4-5,8-11,20H,6-7H2,1-3H3,(H,21,23). The lowest BCUT2D eigenvalue weighted by Crippen LogP contribution is -2.21. The van der Waals surface area contributed by atoms with Gasteiger partial charge in [0.15, 0.2) is 0 Å². The molecular weight excluding hydrogens is 312 g/mol. The Labute approximate surface area is 141 Å². The summed E-state index contributed by atoms with van der Waals surface area (Å²) in [4.78, 5) is 18.6. The zero-order valence-electron chi connectivity index (χ0n) is 13.6. The number of amides is 1. The maximum absolute atomic E-state index is 12.4. The molecule has 5 nitrogen and oxygen atoms in total. The third kappa shape index (κ3) is 5.23. The highest BCUT2D eigenvalue weighted by Gasteiger charge is 2.09. The summed E-state index contributed by atoms with van der Waals surface area (Å²) in [5, 5.41) is 6.78. The van der Waals surface area contributed by atoms with Crippen molar-refractivity contribution in [3.63, 3.8) is 0 Å². The predicted octanol–water partition coefficient (Wildman–Crippen LogP) is 3.27. The lowest BCUT2D eigenvalue weighted by molar-refractivity contribution is 0.102. The Hall–Kier alpha value is -2.11. The van der Waals surface area contributed by atoms with Crippen LogP contribution in [-0.4, -0.2) is 43.0 Å². The first-order valence-electron chi connectivity index (χ1n) is 7.37. The van der Waals surface area contributed by atoms with E-state index in [1.807, 2.05) is 27.1 Å². The van der Waals surface area contributed by atoms with E-state index in [1.165, 1.54) is 0 Å². The summed E-state index contributed by atoms with van der Waals surface area (Å²) in [5.41, 5.74) is 2.99. The molecule has 0 radical (unpaired) electrons. The Kier molecular flexibility index (Phi) is 5.96. The maximum Gasteiger partial charge on any atom is 0.257 e. The molecule has 23 heavy (non-hydrogen) atoms. The van der Waals surface area contributed by atoms with Crippen LogP contribution >= 0.6 is 11.6 Å². The van der Waals surface area contributed by atoms with Crippen molar-refractivity contribution in [3.05, 3.63) is 52.8 Å². The predicted molar refractivity (Wildman–Crippen MR) is 95.4 cm³/mol. The van der Waals surface area contributed by atoms with Crippen molar-refractivity contribution >= 4 is 28.9 Å². The molecule has 1 aromatic heterocycles. The molecule has 1 amide bonds. The van der Waals surface area contributed by atoms with Crippen LogP contribution in [0.5, 0.6) is 0 Å². The number of carbonyl (C=O) groups excluding carboxylic acids is 1. The number of aryl methyl sites for hydroxylation is 1. The number of rotatable bonds is 6. The lowest BCUT2D eigenvalue weighted by atomic mass is 10.2. The zero-order valence-corrected chi connectivity index (χ0v) is 14.3. The van der Waals surface area contributed by atoms with Gasteiger partial charge in [0.05, 0.1) is 11.3 Å². The Morgan fingerprint density at radius 2 is 2.04 bits per heavy atom. The van der Waals surface area contributed by atoms with E-state index in [-0.39, 0.29) is 5.91 Å². The molecule has 0 spiro atoms. The van der Waals surface area contributed by atoms with Crippen molar-refractivity contribution in [1.29, 1.82) is 0 Å². The molecule has 2 N–H and O–H groups in total. The number of benzene rings is 1. The van der Waals surface area contributed by atoms with Crippen LogP contribution in [0, 0.1) is 6.92 Å². The van der Waals surface area contributed by atoms with E-state index in [0.29, 0.717) is 10.6 Å². The minimum Gasteiger partial charge on any atom is -0.382 e. The van der Waals surface area contributed by atoms with Gasteiger partial charge in [-0.05, 0) is 50.8 Å². The Balaban J connectivity index is 2.04. The third-order valence-corrected chi connectivity index (χ3v) is 3.56. The average molecular weight is 333 g/mol. The molecule has 122 valence electrons. The molecule has 0 atom stereocenters. The first kappa shape index (κ1) is 17.2. The van der Waals surface area contributed by atoms with Crippen LogP contribution in [0.4, 0.5) is 11.4 Å². The monoisotopic (exact) mass is 332 g/mol. The maximum atomic E-state index is 12.4. The van der Waals surface area contributed by atoms with Crippen molar-refractivity contribution in [2.24, 2.45) is 0 Å². The summed E-state index contributed by atoms with van der Waals surface area (Å²) in [7, 11) is 4.02. The molecule has 2 rings (SSSR count). The average Bonchev–Trinajstić information content (AvgIpc) is 2.50. The number of hydrogen-bond donors (Lipinski definition) is 2. The fourth-order valence-electron chi connectivity index (χ4n) is 2.05. The highest BCUT2D eigenvalue weighted by Crippen LogP contribution is 2.20. The molecular formula is C17H21ClN4O. The Bertz CT molecular complexity index is 688. The molecule has 0 saturated heterocycles. The minimum absolute atomic E-state index is 0.195. The van der Waals surface area contributed by atoms with E-state index < -0.39 is 0 Å². The second-order valence-corrected chi connectivity index (χ2v) is 6.04. The van der Waals surface area contributed by atoms with Gasteiger partial charge in [-0.15, -0.1) is 0 Å². The fraction of sp³-hybridized carbons (Fsp3) is 0.294. The topological polar surface area (TPSA) is 57.3 Å². The first-order valence-corrected chi connectivity index (χ1v) is 7.74. The molecule has 2 aromatic rings. The van der Waals surface area contributed by atoms with E-state index in [4.69, 9.17) is 11.6 Å². The van der Waals surface area contributed by atoms with Crippen LogP contribution in [0.15, 0.2) is 36.7 Å². The lowest BCUT2D eigenvalue weighted by Gasteiger charge is -2.12. The Morgan fingerprint density at radius 3 is 2.74 bits per heavy atom. The van der Waals surface area contributed by atoms with E-state index in [1.54, 1.807) is 30.6 Å². The number of aromatic nitrogens is 1. The number of carbonyl (C=O) groups is 1. The smallest absolute Gasteiger partial charge is 0.257 e. The van der Waals surface area contributed by atoms with Crippen LogP contribution in [0.1, 0.15) is 15.9 Å². The van der Waals surface area contributed by atoms with Crippen molar-refractivity contribution in [2.75, 3.05) is 37.8 Å². The Morgan fingerprint density at radius 1 is 1.26 bits per heavy atom. The van der Waals surface area contributed by atoms with Gasteiger partial charge in [-0.2, -0.15) is 0 Å². The molecule has 0 aliphatic heterocycles. The minimum atomic E-state index is -0.195. The largest absolute Gasteiger partial charge is 0.382 e. The van der Waals surface area contributed by atoms with Crippen molar-refractivity contribution in [3.8, 4) is 0 Å². The van der Waals surface area contributed by atoms with Gasteiger partial charge in [-0.3, -0.25) is 9.78 Å². The third-order valence-electron chi connectivity index (χ3n) is 3.33. The van der Waals surface area contributed by atoms with E-state index >= 15 is 0 Å². The summed E-state index contributed by atoms with van der Waals surface area (Å²) in [6.07, 6.45) is 3.26. The molecule has 1 aromatic carbocycles. The van der Waals surface area contributed by atoms with Crippen molar-refractivity contribution in [1.82, 2.24) is 9.88 Å². The van der Waals surface area contributed by atoms with Crippen LogP contribution in [0.2, 0.25) is 5.02 Å². The summed E-state index contributed by atoms with van der Waals surface area (Å²) < 4.78 is 0. The highest BCUT2D eigenvalue weighted by molar-refractivity contribution is 6.30. The molecule has 1 heterocycles. The summed E-state index contributed by atoms with van der Waals surface area (Å²) in [6, 6.07) is 7.15. The van der Waals surface area contributed by atoms with Gasteiger partial charge in [0, 0.05) is 36.2 Å².